The second kappa shape index (κ2) is 4.99. The molecule has 3 aromatic rings. The van der Waals surface area contributed by atoms with Gasteiger partial charge in [0.05, 0.1) is 16.6 Å². The Labute approximate surface area is 117 Å². The van der Waals surface area contributed by atoms with Gasteiger partial charge in [-0.25, -0.2) is 4.98 Å². The van der Waals surface area contributed by atoms with E-state index in [-0.39, 0.29) is 5.91 Å². The van der Waals surface area contributed by atoms with E-state index >= 15 is 0 Å². The molecule has 2 aromatic heterocycles. The number of thiophene rings is 1. The van der Waals surface area contributed by atoms with Crippen LogP contribution in [0.5, 0.6) is 0 Å². The Bertz CT molecular complexity index is 719. The Morgan fingerprint density at radius 1 is 1.37 bits per heavy atom. The third kappa shape index (κ3) is 2.74. The predicted octanol–water partition coefficient (Wildman–Crippen LogP) is 3.12. The highest BCUT2D eigenvalue weighted by Crippen LogP contribution is 2.27. The maximum absolute atomic E-state index is 11.9. The minimum Gasteiger partial charge on any atom is -0.399 e. The molecule has 3 N–H and O–H groups in total. The van der Waals surface area contributed by atoms with Crippen molar-refractivity contribution in [2.45, 2.75) is 6.42 Å². The molecule has 0 aliphatic rings. The van der Waals surface area contributed by atoms with Crippen molar-refractivity contribution in [3.8, 4) is 0 Å². The van der Waals surface area contributed by atoms with Gasteiger partial charge in [-0.1, -0.05) is 11.3 Å². The number of nitrogen functional groups attached to an aromatic ring is 1. The quantitative estimate of drug-likeness (QED) is 0.728. The average molecular weight is 289 g/mol. The summed E-state index contributed by atoms with van der Waals surface area (Å²) in [6, 6.07) is 7.47. The first kappa shape index (κ1) is 12.1. The summed E-state index contributed by atoms with van der Waals surface area (Å²) in [7, 11) is 0. The van der Waals surface area contributed by atoms with E-state index in [1.54, 1.807) is 17.4 Å². The number of fused-ring (bicyclic) bond motifs is 1. The molecule has 0 aliphatic heterocycles. The normalized spacial score (nSPS) is 10.7. The molecule has 3 rings (SSSR count). The van der Waals surface area contributed by atoms with Crippen molar-refractivity contribution in [2.24, 2.45) is 0 Å². The van der Waals surface area contributed by atoms with Gasteiger partial charge < -0.3 is 11.1 Å². The van der Waals surface area contributed by atoms with Crippen molar-refractivity contribution in [1.82, 2.24) is 4.98 Å². The number of aromatic nitrogens is 1. The maximum atomic E-state index is 11.9. The fourth-order valence-corrected chi connectivity index (χ4v) is 3.34. The van der Waals surface area contributed by atoms with Crippen molar-refractivity contribution in [3.05, 3.63) is 40.6 Å². The molecule has 4 nitrogen and oxygen atoms in total. The highest BCUT2D eigenvalue weighted by atomic mass is 32.1. The smallest absolute Gasteiger partial charge is 0.230 e. The molecule has 0 spiro atoms. The number of carbonyl (C=O) groups excluding carboxylic acids is 1. The number of amides is 1. The van der Waals surface area contributed by atoms with Gasteiger partial charge in [0.2, 0.25) is 5.91 Å². The third-order valence-corrected chi connectivity index (χ3v) is 4.27. The fourth-order valence-electron chi connectivity index (χ4n) is 1.74. The summed E-state index contributed by atoms with van der Waals surface area (Å²) in [5.41, 5.74) is 8.29. The van der Waals surface area contributed by atoms with Crippen LogP contribution in [0.1, 0.15) is 5.56 Å². The number of hydrogen-bond donors (Lipinski definition) is 2. The zero-order valence-corrected chi connectivity index (χ0v) is 11.6. The van der Waals surface area contributed by atoms with E-state index < -0.39 is 0 Å². The average Bonchev–Trinajstić information content (AvgIpc) is 2.97. The Kier molecular flexibility index (Phi) is 3.18. The van der Waals surface area contributed by atoms with Crippen molar-refractivity contribution in [1.29, 1.82) is 0 Å². The first-order chi connectivity index (χ1) is 9.20. The van der Waals surface area contributed by atoms with Crippen LogP contribution in [0, 0.1) is 0 Å². The number of nitrogens with zero attached hydrogens (tertiary/aromatic N) is 1. The van der Waals surface area contributed by atoms with E-state index in [0.29, 0.717) is 17.2 Å². The fraction of sp³-hybridized carbons (Fsp3) is 0.0769. The SMILES string of the molecule is Nc1ccc2nc(NC(=O)Cc3ccsc3)sc2c1. The standard InChI is InChI=1S/C13H11N3OS2/c14-9-1-2-10-11(6-9)19-13(15-10)16-12(17)5-8-3-4-18-7-8/h1-4,6-7H,5,14H2,(H,15,16,17). The van der Waals surface area contributed by atoms with Crippen LogP contribution in [0.15, 0.2) is 35.0 Å². The summed E-state index contributed by atoms with van der Waals surface area (Å²) in [4.78, 5) is 16.2. The molecule has 2 heterocycles. The zero-order chi connectivity index (χ0) is 13.2. The first-order valence-corrected chi connectivity index (χ1v) is 7.43. The van der Waals surface area contributed by atoms with Gasteiger partial charge in [-0.15, -0.1) is 0 Å². The summed E-state index contributed by atoms with van der Waals surface area (Å²) in [5, 5.41) is 7.37. The van der Waals surface area contributed by atoms with Gasteiger partial charge in [0.15, 0.2) is 5.13 Å². The molecule has 19 heavy (non-hydrogen) atoms. The minimum atomic E-state index is -0.0505. The highest BCUT2D eigenvalue weighted by molar-refractivity contribution is 7.22. The Morgan fingerprint density at radius 2 is 2.26 bits per heavy atom. The molecule has 6 heteroatoms. The van der Waals surface area contributed by atoms with Crippen LogP contribution in [-0.4, -0.2) is 10.9 Å². The van der Waals surface area contributed by atoms with Crippen LogP contribution in [-0.2, 0) is 11.2 Å². The summed E-state index contributed by atoms with van der Waals surface area (Å²) >= 11 is 3.02. The molecule has 0 unspecified atom stereocenters. The number of rotatable bonds is 3. The topological polar surface area (TPSA) is 68.0 Å². The number of thiazole rings is 1. The highest BCUT2D eigenvalue weighted by Gasteiger charge is 2.09. The van der Waals surface area contributed by atoms with Gasteiger partial charge in [0.25, 0.3) is 0 Å². The Hall–Kier alpha value is -1.92. The van der Waals surface area contributed by atoms with Crippen molar-refractivity contribution < 1.29 is 4.79 Å². The van der Waals surface area contributed by atoms with E-state index in [1.165, 1.54) is 11.3 Å². The molecule has 1 amide bonds. The van der Waals surface area contributed by atoms with Gasteiger partial charge in [0.1, 0.15) is 0 Å². The molecule has 0 fully saturated rings. The molecular formula is C13H11N3OS2. The molecule has 0 bridgehead atoms. The van der Waals surface area contributed by atoms with Crippen molar-refractivity contribution in [2.75, 3.05) is 11.1 Å². The number of nitrogens with two attached hydrogens (primary N) is 1. The van der Waals surface area contributed by atoms with Crippen LogP contribution in [0.25, 0.3) is 10.2 Å². The van der Waals surface area contributed by atoms with Crippen LogP contribution in [0.3, 0.4) is 0 Å². The molecular weight excluding hydrogens is 278 g/mol. The molecule has 0 atom stereocenters. The number of anilines is 2. The van der Waals surface area contributed by atoms with E-state index in [1.807, 2.05) is 29.0 Å². The maximum Gasteiger partial charge on any atom is 0.230 e. The number of hydrogen-bond acceptors (Lipinski definition) is 5. The lowest BCUT2D eigenvalue weighted by atomic mass is 10.2. The third-order valence-electron chi connectivity index (χ3n) is 2.60. The summed E-state index contributed by atoms with van der Waals surface area (Å²) < 4.78 is 0.978. The molecule has 1 aromatic carbocycles. The second-order valence-corrected chi connectivity index (χ2v) is 5.91. The monoisotopic (exact) mass is 289 g/mol. The predicted molar refractivity (Wildman–Crippen MR) is 80.7 cm³/mol. The largest absolute Gasteiger partial charge is 0.399 e. The van der Waals surface area contributed by atoms with Crippen LogP contribution in [0.2, 0.25) is 0 Å². The van der Waals surface area contributed by atoms with Crippen molar-refractivity contribution >= 4 is 49.6 Å². The summed E-state index contributed by atoms with van der Waals surface area (Å²) in [5.74, 6) is -0.0505. The molecule has 0 saturated heterocycles. The number of nitrogens with one attached hydrogen (secondary N) is 1. The van der Waals surface area contributed by atoms with Crippen LogP contribution < -0.4 is 11.1 Å². The van der Waals surface area contributed by atoms with E-state index in [9.17, 15) is 4.79 Å². The van der Waals surface area contributed by atoms with Gasteiger partial charge in [0, 0.05) is 5.69 Å². The molecule has 0 saturated carbocycles. The van der Waals surface area contributed by atoms with Crippen molar-refractivity contribution in [3.63, 3.8) is 0 Å². The first-order valence-electron chi connectivity index (χ1n) is 5.68. The molecule has 0 radical (unpaired) electrons. The van der Waals surface area contributed by atoms with Crippen LogP contribution in [0.4, 0.5) is 10.8 Å². The summed E-state index contributed by atoms with van der Waals surface area (Å²) in [6.45, 7) is 0. The Morgan fingerprint density at radius 3 is 3.05 bits per heavy atom. The van der Waals surface area contributed by atoms with Gasteiger partial charge in [-0.05, 0) is 40.6 Å². The number of benzene rings is 1. The van der Waals surface area contributed by atoms with Gasteiger partial charge >= 0.3 is 0 Å². The zero-order valence-electron chi connectivity index (χ0n) is 9.92. The summed E-state index contributed by atoms with van der Waals surface area (Å²) in [6.07, 6.45) is 0.377. The van der Waals surface area contributed by atoms with E-state index in [2.05, 4.69) is 10.3 Å². The lowest BCUT2D eigenvalue weighted by Crippen LogP contribution is -2.13. The van der Waals surface area contributed by atoms with Gasteiger partial charge in [-0.2, -0.15) is 11.3 Å². The Balaban J connectivity index is 1.76. The van der Waals surface area contributed by atoms with Crippen LogP contribution >= 0.6 is 22.7 Å². The van der Waals surface area contributed by atoms with E-state index in [0.717, 1.165) is 15.8 Å². The molecule has 96 valence electrons. The van der Waals surface area contributed by atoms with Gasteiger partial charge in [-0.3, -0.25) is 4.79 Å². The second-order valence-electron chi connectivity index (χ2n) is 4.10. The lowest BCUT2D eigenvalue weighted by Gasteiger charge is -1.98. The lowest BCUT2D eigenvalue weighted by molar-refractivity contribution is -0.115. The molecule has 0 aliphatic carbocycles. The number of carbonyl (C=O) groups is 1. The van der Waals surface area contributed by atoms with E-state index in [4.69, 9.17) is 5.73 Å². The minimum absolute atomic E-state index is 0.0505.